The highest BCUT2D eigenvalue weighted by Crippen LogP contribution is 2.13. The highest BCUT2D eigenvalue weighted by Gasteiger charge is 2.09. The van der Waals surface area contributed by atoms with E-state index in [4.69, 9.17) is 4.74 Å². The summed E-state index contributed by atoms with van der Waals surface area (Å²) < 4.78 is 7.14. The average molecular weight is 327 g/mol. The van der Waals surface area contributed by atoms with Crippen LogP contribution in [0.2, 0.25) is 0 Å². The highest BCUT2D eigenvalue weighted by molar-refractivity contribution is 7.09. The number of esters is 1. The summed E-state index contributed by atoms with van der Waals surface area (Å²) in [7, 11) is 0. The van der Waals surface area contributed by atoms with Crippen LogP contribution in [0.3, 0.4) is 0 Å². The molecule has 0 fully saturated rings. The lowest BCUT2D eigenvalue weighted by molar-refractivity contribution is 0.0468. The van der Waals surface area contributed by atoms with Gasteiger partial charge in [0, 0.05) is 17.8 Å². The maximum atomic E-state index is 12.1. The quantitative estimate of drug-likeness (QED) is 0.652. The molecule has 0 aliphatic carbocycles. The number of nitrogens with zero attached hydrogens (tertiary/aromatic N) is 3. The predicted molar refractivity (Wildman–Crippen MR) is 88.4 cm³/mol. The maximum Gasteiger partial charge on any atom is 0.338 e. The summed E-state index contributed by atoms with van der Waals surface area (Å²) in [5, 5.41) is 7.14. The number of benzene rings is 1. The van der Waals surface area contributed by atoms with Crippen LogP contribution >= 0.6 is 11.3 Å². The molecule has 0 spiro atoms. The molecule has 5 nitrogen and oxygen atoms in total. The second-order valence-electron chi connectivity index (χ2n) is 5.06. The minimum Gasteiger partial charge on any atom is -0.456 e. The second-order valence-corrected chi connectivity index (χ2v) is 6.01. The van der Waals surface area contributed by atoms with Gasteiger partial charge in [0.1, 0.15) is 6.61 Å². The molecule has 0 amide bonds. The van der Waals surface area contributed by atoms with Gasteiger partial charge in [-0.15, -0.1) is 11.3 Å². The number of carbonyl (C=O) groups excluding carboxylic acids is 1. The molecule has 0 atom stereocenters. The highest BCUT2D eigenvalue weighted by atomic mass is 32.1. The minimum atomic E-state index is -0.332. The Morgan fingerprint density at radius 2 is 2.13 bits per heavy atom. The molecule has 2 aromatic heterocycles. The van der Waals surface area contributed by atoms with E-state index in [1.807, 2.05) is 34.5 Å². The Morgan fingerprint density at radius 3 is 2.78 bits per heavy atom. The van der Waals surface area contributed by atoms with Gasteiger partial charge in [0.05, 0.1) is 22.8 Å². The lowest BCUT2D eigenvalue weighted by atomic mass is 10.1. The van der Waals surface area contributed by atoms with Crippen LogP contribution in [-0.4, -0.2) is 20.7 Å². The average Bonchev–Trinajstić information content (AvgIpc) is 3.24. The fourth-order valence-electron chi connectivity index (χ4n) is 2.13. The minimum absolute atomic E-state index is 0.213. The van der Waals surface area contributed by atoms with E-state index < -0.39 is 0 Å². The first-order chi connectivity index (χ1) is 11.2. The van der Waals surface area contributed by atoms with Gasteiger partial charge in [-0.2, -0.15) is 5.10 Å². The van der Waals surface area contributed by atoms with Gasteiger partial charge in [0.25, 0.3) is 0 Å². The van der Waals surface area contributed by atoms with Gasteiger partial charge in [0.15, 0.2) is 0 Å². The summed E-state index contributed by atoms with van der Waals surface area (Å²) in [6, 6.07) is 9.26. The number of aryl methyl sites for hydroxylation is 1. The summed E-state index contributed by atoms with van der Waals surface area (Å²) in [5.41, 5.74) is 2.42. The van der Waals surface area contributed by atoms with E-state index in [1.165, 1.54) is 0 Å². The van der Waals surface area contributed by atoms with Crippen molar-refractivity contribution in [3.05, 3.63) is 69.9 Å². The zero-order valence-corrected chi connectivity index (χ0v) is 13.6. The number of aromatic nitrogens is 3. The molecule has 0 aliphatic rings. The Labute approximate surface area is 138 Å². The van der Waals surface area contributed by atoms with Crippen LogP contribution in [0.25, 0.3) is 0 Å². The number of rotatable bonds is 6. The van der Waals surface area contributed by atoms with Crippen molar-refractivity contribution >= 4 is 17.3 Å². The number of ether oxygens (including phenoxy) is 1. The normalized spacial score (nSPS) is 10.7. The Morgan fingerprint density at radius 1 is 1.30 bits per heavy atom. The van der Waals surface area contributed by atoms with Crippen LogP contribution in [0.15, 0.2) is 48.1 Å². The van der Waals surface area contributed by atoms with Crippen LogP contribution < -0.4 is 0 Å². The van der Waals surface area contributed by atoms with E-state index in [1.54, 1.807) is 29.7 Å². The molecule has 0 saturated heterocycles. The Kier molecular flexibility index (Phi) is 4.83. The summed E-state index contributed by atoms with van der Waals surface area (Å²) >= 11 is 1.59. The van der Waals surface area contributed by atoms with Crippen molar-refractivity contribution in [2.75, 3.05) is 0 Å². The zero-order valence-electron chi connectivity index (χ0n) is 12.8. The fraction of sp³-hybridized carbons (Fsp3) is 0.235. The van der Waals surface area contributed by atoms with E-state index >= 15 is 0 Å². The molecule has 0 saturated carbocycles. The van der Waals surface area contributed by atoms with Crippen LogP contribution in [0.1, 0.15) is 33.5 Å². The molecule has 0 radical (unpaired) electrons. The van der Waals surface area contributed by atoms with E-state index in [0.717, 1.165) is 22.7 Å². The van der Waals surface area contributed by atoms with Gasteiger partial charge < -0.3 is 4.74 Å². The Balaban J connectivity index is 1.56. The van der Waals surface area contributed by atoms with Gasteiger partial charge in [-0.1, -0.05) is 19.1 Å². The first-order valence-electron chi connectivity index (χ1n) is 7.41. The van der Waals surface area contributed by atoms with Gasteiger partial charge in [-0.3, -0.25) is 4.68 Å². The first kappa shape index (κ1) is 15.4. The third-order valence-electron chi connectivity index (χ3n) is 3.35. The van der Waals surface area contributed by atoms with E-state index in [0.29, 0.717) is 12.1 Å². The molecule has 0 unspecified atom stereocenters. The Bertz CT molecular complexity index is 764. The van der Waals surface area contributed by atoms with Crippen molar-refractivity contribution in [3.63, 3.8) is 0 Å². The molecule has 0 aliphatic heterocycles. The van der Waals surface area contributed by atoms with Crippen LogP contribution in [-0.2, 0) is 24.3 Å². The van der Waals surface area contributed by atoms with Gasteiger partial charge in [-0.25, -0.2) is 9.78 Å². The van der Waals surface area contributed by atoms with Crippen molar-refractivity contribution in [1.82, 2.24) is 14.8 Å². The topological polar surface area (TPSA) is 57.0 Å². The predicted octanol–water partition coefficient (Wildman–Crippen LogP) is 3.31. The van der Waals surface area contributed by atoms with Gasteiger partial charge in [-0.05, 0) is 30.2 Å². The summed E-state index contributed by atoms with van der Waals surface area (Å²) in [6.45, 7) is 2.95. The van der Waals surface area contributed by atoms with Gasteiger partial charge in [0.2, 0.25) is 0 Å². The Hall–Kier alpha value is -2.47. The van der Waals surface area contributed by atoms with Crippen molar-refractivity contribution in [3.8, 4) is 0 Å². The molecule has 2 heterocycles. The van der Waals surface area contributed by atoms with Crippen molar-refractivity contribution in [2.24, 2.45) is 0 Å². The monoisotopic (exact) mass is 327 g/mol. The smallest absolute Gasteiger partial charge is 0.338 e. The third kappa shape index (κ3) is 4.04. The van der Waals surface area contributed by atoms with Crippen LogP contribution in [0, 0.1) is 0 Å². The summed E-state index contributed by atoms with van der Waals surface area (Å²) in [4.78, 5) is 16.4. The van der Waals surface area contributed by atoms with Crippen molar-refractivity contribution < 1.29 is 9.53 Å². The number of thiazole rings is 1. The van der Waals surface area contributed by atoms with Crippen molar-refractivity contribution in [2.45, 2.75) is 26.5 Å². The molecular weight excluding hydrogens is 310 g/mol. The number of hydrogen-bond donors (Lipinski definition) is 0. The SMILES string of the molecule is CCc1nc(COC(=O)c2ccc(Cn3cccn3)cc2)cs1. The fourth-order valence-corrected chi connectivity index (χ4v) is 2.86. The van der Waals surface area contributed by atoms with Gasteiger partial charge >= 0.3 is 5.97 Å². The zero-order chi connectivity index (χ0) is 16.1. The van der Waals surface area contributed by atoms with Crippen LogP contribution in [0.4, 0.5) is 0 Å². The molecule has 3 aromatic rings. The maximum absolute atomic E-state index is 12.1. The van der Waals surface area contributed by atoms with E-state index in [2.05, 4.69) is 17.0 Å². The molecule has 0 N–H and O–H groups in total. The molecule has 1 aromatic carbocycles. The van der Waals surface area contributed by atoms with Crippen molar-refractivity contribution in [1.29, 1.82) is 0 Å². The summed E-state index contributed by atoms with van der Waals surface area (Å²) in [6.07, 6.45) is 4.55. The summed E-state index contributed by atoms with van der Waals surface area (Å²) in [5.74, 6) is -0.332. The molecular formula is C17H17N3O2S. The molecule has 3 rings (SSSR count). The molecule has 118 valence electrons. The standard InChI is InChI=1S/C17H17N3O2S/c1-2-16-19-15(12-23-16)11-22-17(21)14-6-4-13(5-7-14)10-20-9-3-8-18-20/h3-9,12H,2,10-11H2,1H3. The largest absolute Gasteiger partial charge is 0.456 e. The molecule has 0 bridgehead atoms. The number of hydrogen-bond acceptors (Lipinski definition) is 5. The van der Waals surface area contributed by atoms with E-state index in [-0.39, 0.29) is 12.6 Å². The lowest BCUT2D eigenvalue weighted by Crippen LogP contribution is -2.06. The number of carbonyl (C=O) groups is 1. The molecule has 23 heavy (non-hydrogen) atoms. The third-order valence-corrected chi connectivity index (χ3v) is 4.39. The molecule has 6 heteroatoms. The van der Waals surface area contributed by atoms with E-state index in [9.17, 15) is 4.79 Å². The first-order valence-corrected chi connectivity index (χ1v) is 8.29. The lowest BCUT2D eigenvalue weighted by Gasteiger charge is -2.05. The van der Waals surface area contributed by atoms with Crippen LogP contribution in [0.5, 0.6) is 0 Å². The second kappa shape index (κ2) is 7.19.